The molecule has 7 heteroatoms. The lowest BCUT2D eigenvalue weighted by atomic mass is 10.1. The molecule has 1 amide bonds. The molecule has 1 unspecified atom stereocenters. The lowest BCUT2D eigenvalue weighted by Gasteiger charge is -2.23. The number of rotatable bonds is 3. The third kappa shape index (κ3) is 3.20. The molecular weight excluding hydrogens is 318 g/mol. The number of fused-ring (bicyclic) bond motifs is 1. The number of amides is 1. The Bertz CT molecular complexity index is 743. The topological polar surface area (TPSA) is 64.0 Å². The quantitative estimate of drug-likeness (QED) is 0.690. The molecule has 0 fully saturated rings. The zero-order chi connectivity index (χ0) is 15.5. The van der Waals surface area contributed by atoms with Crippen LogP contribution in [0.3, 0.4) is 0 Å². The van der Waals surface area contributed by atoms with Crippen LogP contribution in [0.25, 0.3) is 0 Å². The average molecular weight is 333 g/mol. The van der Waals surface area contributed by atoms with Gasteiger partial charge in [-0.25, -0.2) is 4.98 Å². The Morgan fingerprint density at radius 2 is 2.14 bits per heavy atom. The number of aromatic nitrogens is 2. The van der Waals surface area contributed by atoms with E-state index in [4.69, 9.17) is 0 Å². The summed E-state index contributed by atoms with van der Waals surface area (Å²) < 4.78 is 1.56. The highest BCUT2D eigenvalue weighted by Gasteiger charge is 2.26. The highest BCUT2D eigenvalue weighted by atomic mass is 32.2. The fraction of sp³-hybridized carbons (Fsp3) is 0.267. The van der Waals surface area contributed by atoms with Crippen LogP contribution in [0.4, 0.5) is 5.69 Å². The van der Waals surface area contributed by atoms with Crippen molar-refractivity contribution in [2.45, 2.75) is 16.6 Å². The lowest BCUT2D eigenvalue weighted by Crippen LogP contribution is -2.36. The van der Waals surface area contributed by atoms with Gasteiger partial charge in [0.25, 0.3) is 5.56 Å². The number of carbonyl (C=O) groups excluding carboxylic acids is 1. The molecule has 1 aromatic carbocycles. The molecule has 0 spiro atoms. The molecule has 0 bridgehead atoms. The van der Waals surface area contributed by atoms with Crippen molar-refractivity contribution >= 4 is 35.1 Å². The third-order valence-electron chi connectivity index (χ3n) is 3.44. The normalized spacial score (nSPS) is 16.9. The van der Waals surface area contributed by atoms with E-state index in [2.05, 4.69) is 10.3 Å². The van der Waals surface area contributed by atoms with Gasteiger partial charge in [0.1, 0.15) is 0 Å². The first-order chi connectivity index (χ1) is 10.7. The van der Waals surface area contributed by atoms with Crippen LogP contribution in [-0.4, -0.2) is 27.5 Å². The van der Waals surface area contributed by atoms with Gasteiger partial charge in [-0.2, -0.15) is 0 Å². The van der Waals surface area contributed by atoms with Gasteiger partial charge in [0.2, 0.25) is 5.91 Å². The number of carbonyl (C=O) groups is 1. The van der Waals surface area contributed by atoms with Gasteiger partial charge in [-0.3, -0.25) is 14.2 Å². The standard InChI is InChI=1S/C15H15N3O2S2/c1-21-12-4-2-11(3-5-12)17-14(20)10-8-18-13(19)6-7-16-15(18)22-9-10/h2-7,10H,8-9H2,1H3,(H,17,20). The van der Waals surface area contributed by atoms with Crippen molar-refractivity contribution in [1.82, 2.24) is 9.55 Å². The minimum atomic E-state index is -0.236. The maximum atomic E-state index is 12.4. The molecule has 1 aliphatic rings. The van der Waals surface area contributed by atoms with Crippen molar-refractivity contribution in [2.24, 2.45) is 5.92 Å². The van der Waals surface area contributed by atoms with Crippen LogP contribution < -0.4 is 10.9 Å². The van der Waals surface area contributed by atoms with Crippen molar-refractivity contribution in [2.75, 3.05) is 17.3 Å². The molecule has 0 aliphatic carbocycles. The van der Waals surface area contributed by atoms with Crippen LogP contribution in [0.1, 0.15) is 0 Å². The van der Waals surface area contributed by atoms with Gasteiger partial charge >= 0.3 is 0 Å². The van der Waals surface area contributed by atoms with E-state index >= 15 is 0 Å². The number of nitrogens with zero attached hydrogens (tertiary/aromatic N) is 2. The number of benzene rings is 1. The van der Waals surface area contributed by atoms with Crippen LogP contribution in [0, 0.1) is 5.92 Å². The summed E-state index contributed by atoms with van der Waals surface area (Å²) >= 11 is 3.10. The van der Waals surface area contributed by atoms with Gasteiger partial charge < -0.3 is 5.32 Å². The summed E-state index contributed by atoms with van der Waals surface area (Å²) in [4.78, 5) is 29.5. The summed E-state index contributed by atoms with van der Waals surface area (Å²) in [7, 11) is 0. The minimum absolute atomic E-state index is 0.0641. The molecule has 1 atom stereocenters. The molecule has 1 aromatic heterocycles. The van der Waals surface area contributed by atoms with Gasteiger partial charge in [-0.15, -0.1) is 11.8 Å². The van der Waals surface area contributed by atoms with E-state index in [0.29, 0.717) is 17.5 Å². The third-order valence-corrected chi connectivity index (χ3v) is 5.34. The Labute approximate surface area is 136 Å². The van der Waals surface area contributed by atoms with Crippen molar-refractivity contribution in [1.29, 1.82) is 0 Å². The van der Waals surface area contributed by atoms with Crippen molar-refractivity contribution in [3.63, 3.8) is 0 Å². The molecule has 0 saturated heterocycles. The van der Waals surface area contributed by atoms with Gasteiger partial charge in [0.15, 0.2) is 5.16 Å². The van der Waals surface area contributed by atoms with E-state index in [1.54, 1.807) is 16.3 Å². The highest BCUT2D eigenvalue weighted by molar-refractivity contribution is 7.99. The SMILES string of the molecule is CSc1ccc(NC(=O)C2CSc3nccc(=O)n3C2)cc1. The molecular formula is C15H15N3O2S2. The van der Waals surface area contributed by atoms with Crippen LogP contribution in [0.15, 0.2) is 51.4 Å². The lowest BCUT2D eigenvalue weighted by molar-refractivity contribution is -0.119. The predicted octanol–water partition coefficient (Wildman–Crippen LogP) is 2.33. The van der Waals surface area contributed by atoms with Gasteiger partial charge in [-0.1, -0.05) is 11.8 Å². The summed E-state index contributed by atoms with van der Waals surface area (Å²) in [6.07, 6.45) is 3.52. The zero-order valence-electron chi connectivity index (χ0n) is 12.0. The van der Waals surface area contributed by atoms with Gasteiger partial charge in [0.05, 0.1) is 5.92 Å². The number of thioether (sulfide) groups is 2. The predicted molar refractivity (Wildman–Crippen MR) is 89.6 cm³/mol. The summed E-state index contributed by atoms with van der Waals surface area (Å²) in [5.41, 5.74) is 0.663. The fourth-order valence-electron chi connectivity index (χ4n) is 2.23. The highest BCUT2D eigenvalue weighted by Crippen LogP contribution is 2.25. The smallest absolute Gasteiger partial charge is 0.254 e. The molecule has 2 aromatic rings. The molecule has 2 heterocycles. The Hall–Kier alpha value is -1.73. The van der Waals surface area contributed by atoms with E-state index in [1.807, 2.05) is 30.5 Å². The first-order valence-corrected chi connectivity index (χ1v) is 9.02. The van der Waals surface area contributed by atoms with Crippen LogP contribution in [0.5, 0.6) is 0 Å². The Morgan fingerprint density at radius 3 is 2.86 bits per heavy atom. The largest absolute Gasteiger partial charge is 0.326 e. The number of anilines is 1. The Morgan fingerprint density at radius 1 is 1.36 bits per heavy atom. The Balaban J connectivity index is 1.71. The zero-order valence-corrected chi connectivity index (χ0v) is 13.6. The number of hydrogen-bond acceptors (Lipinski definition) is 5. The first kappa shape index (κ1) is 15.2. The number of hydrogen-bond donors (Lipinski definition) is 1. The monoisotopic (exact) mass is 333 g/mol. The van der Waals surface area contributed by atoms with E-state index < -0.39 is 0 Å². The van der Waals surface area contributed by atoms with Crippen molar-refractivity contribution < 1.29 is 4.79 Å². The van der Waals surface area contributed by atoms with Crippen LogP contribution in [0.2, 0.25) is 0 Å². The molecule has 0 saturated carbocycles. The van der Waals surface area contributed by atoms with Gasteiger partial charge in [0, 0.05) is 35.1 Å². The number of nitrogens with one attached hydrogen (secondary N) is 1. The van der Waals surface area contributed by atoms with E-state index in [0.717, 1.165) is 10.6 Å². The first-order valence-electron chi connectivity index (χ1n) is 6.81. The second kappa shape index (κ2) is 6.58. The molecule has 1 N–H and O–H groups in total. The van der Waals surface area contributed by atoms with E-state index in [9.17, 15) is 9.59 Å². The van der Waals surface area contributed by atoms with Gasteiger partial charge in [-0.05, 0) is 30.5 Å². The molecule has 114 valence electrons. The van der Waals surface area contributed by atoms with Crippen LogP contribution in [-0.2, 0) is 11.3 Å². The average Bonchev–Trinajstić information content (AvgIpc) is 2.55. The van der Waals surface area contributed by atoms with Crippen molar-refractivity contribution in [3.8, 4) is 0 Å². The van der Waals surface area contributed by atoms with Crippen LogP contribution >= 0.6 is 23.5 Å². The summed E-state index contributed by atoms with van der Waals surface area (Å²) in [5.74, 6) is 0.330. The summed E-state index contributed by atoms with van der Waals surface area (Å²) in [6, 6.07) is 9.15. The molecule has 22 heavy (non-hydrogen) atoms. The minimum Gasteiger partial charge on any atom is -0.326 e. The molecule has 1 aliphatic heterocycles. The van der Waals surface area contributed by atoms with Crippen molar-refractivity contribution in [3.05, 3.63) is 46.9 Å². The maximum Gasteiger partial charge on any atom is 0.254 e. The molecule has 3 rings (SSSR count). The second-order valence-corrected chi connectivity index (χ2v) is 6.77. The Kier molecular flexibility index (Phi) is 4.54. The van der Waals surface area contributed by atoms with E-state index in [-0.39, 0.29) is 17.4 Å². The molecule has 0 radical (unpaired) electrons. The van der Waals surface area contributed by atoms with E-state index in [1.165, 1.54) is 24.0 Å². The summed E-state index contributed by atoms with van der Waals surface area (Å²) in [5, 5.41) is 3.60. The second-order valence-electron chi connectivity index (χ2n) is 4.90. The fourth-order valence-corrected chi connectivity index (χ4v) is 3.70. The molecule has 5 nitrogen and oxygen atoms in total. The summed E-state index contributed by atoms with van der Waals surface area (Å²) in [6.45, 7) is 0.379. The maximum absolute atomic E-state index is 12.4.